The fraction of sp³-hybridized carbons (Fsp3) is 0.400. The van der Waals surface area contributed by atoms with E-state index in [4.69, 9.17) is 0 Å². The van der Waals surface area contributed by atoms with Gasteiger partial charge in [-0.15, -0.1) is 0 Å². The summed E-state index contributed by atoms with van der Waals surface area (Å²) in [5, 5.41) is 0. The maximum Gasteiger partial charge on any atom is 0.0464 e. The lowest BCUT2D eigenvalue weighted by Gasteiger charge is -2.27. The minimum Gasteiger partial charge on any atom is -0.310 e. The summed E-state index contributed by atoms with van der Waals surface area (Å²) in [5.41, 5.74) is 20.0. The summed E-state index contributed by atoms with van der Waals surface area (Å²) in [7, 11) is 0. The molecule has 6 aromatic carbocycles. The van der Waals surface area contributed by atoms with Crippen molar-refractivity contribution in [3.05, 3.63) is 161 Å². The van der Waals surface area contributed by atoms with Crippen molar-refractivity contribution >= 4 is 17.1 Å². The van der Waals surface area contributed by atoms with Crippen LogP contribution in [0.4, 0.5) is 17.1 Å². The summed E-state index contributed by atoms with van der Waals surface area (Å²) >= 11 is 0. The molecule has 0 aliphatic heterocycles. The molecule has 0 spiro atoms. The molecule has 0 bridgehead atoms. The van der Waals surface area contributed by atoms with Crippen LogP contribution in [-0.4, -0.2) is 0 Å². The second-order valence-electron chi connectivity index (χ2n) is 17.8. The minimum absolute atomic E-state index is 0.969. The van der Waals surface area contributed by atoms with Gasteiger partial charge in [-0.05, 0) is 156 Å². The maximum absolute atomic E-state index is 2.54. The number of benzene rings is 6. The third-order valence-corrected chi connectivity index (χ3v) is 12.9. The first-order chi connectivity index (χ1) is 29.9. The lowest BCUT2D eigenvalue weighted by Crippen LogP contribution is -2.10. The van der Waals surface area contributed by atoms with Gasteiger partial charge >= 0.3 is 0 Å². The monoisotopic (exact) mass is 810 g/mol. The Hall–Kier alpha value is -4.88. The molecule has 0 aliphatic rings. The van der Waals surface area contributed by atoms with Gasteiger partial charge in [0.15, 0.2) is 0 Å². The van der Waals surface area contributed by atoms with E-state index in [-0.39, 0.29) is 0 Å². The minimum atomic E-state index is 0.969. The summed E-state index contributed by atoms with van der Waals surface area (Å²) in [6.07, 6.45) is 22.8. The van der Waals surface area contributed by atoms with Crippen LogP contribution in [0.5, 0.6) is 0 Å². The van der Waals surface area contributed by atoms with Gasteiger partial charge in [-0.2, -0.15) is 0 Å². The zero-order valence-electron chi connectivity index (χ0n) is 38.8. The highest BCUT2D eigenvalue weighted by molar-refractivity contribution is 5.82. The van der Waals surface area contributed by atoms with Crippen molar-refractivity contribution in [3.8, 4) is 33.4 Å². The molecule has 0 fully saturated rings. The molecule has 0 saturated heterocycles. The Kier molecular flexibility index (Phi) is 17.9. The molecule has 6 rings (SSSR count). The summed E-state index contributed by atoms with van der Waals surface area (Å²) in [6.45, 7) is 13.7. The molecule has 0 aromatic heterocycles. The molecule has 6 aromatic rings. The Bertz CT molecular complexity index is 2190. The van der Waals surface area contributed by atoms with Gasteiger partial charge in [0.2, 0.25) is 0 Å². The predicted molar refractivity (Wildman–Crippen MR) is 269 cm³/mol. The number of anilines is 3. The van der Waals surface area contributed by atoms with Crippen molar-refractivity contribution in [2.75, 3.05) is 4.90 Å². The second kappa shape index (κ2) is 23.9. The smallest absolute Gasteiger partial charge is 0.0464 e. The lowest BCUT2D eigenvalue weighted by molar-refractivity contribution is 0.607. The van der Waals surface area contributed by atoms with E-state index in [0.717, 1.165) is 12.8 Å². The van der Waals surface area contributed by atoms with E-state index in [9.17, 15) is 0 Å². The van der Waals surface area contributed by atoms with Crippen molar-refractivity contribution in [2.24, 2.45) is 0 Å². The summed E-state index contributed by atoms with van der Waals surface area (Å²) in [6, 6.07) is 49.1. The molecule has 0 saturated carbocycles. The van der Waals surface area contributed by atoms with Gasteiger partial charge in [0.25, 0.3) is 0 Å². The van der Waals surface area contributed by atoms with Crippen LogP contribution in [0, 0.1) is 13.8 Å². The first kappa shape index (κ1) is 45.6. The average molecular weight is 810 g/mol. The fourth-order valence-electron chi connectivity index (χ4n) is 9.08. The van der Waals surface area contributed by atoms with Crippen LogP contribution < -0.4 is 4.90 Å². The highest BCUT2D eigenvalue weighted by Gasteiger charge is 2.17. The number of hydrogen-bond donors (Lipinski definition) is 0. The zero-order valence-corrected chi connectivity index (χ0v) is 38.8. The molecule has 0 aliphatic carbocycles. The van der Waals surface area contributed by atoms with Crippen LogP contribution in [0.3, 0.4) is 0 Å². The number of hydrogen-bond acceptors (Lipinski definition) is 1. The number of unbranched alkanes of at least 4 members (excludes halogenated alkanes) is 11. The maximum atomic E-state index is 2.54. The van der Waals surface area contributed by atoms with Crippen LogP contribution >= 0.6 is 0 Å². The largest absolute Gasteiger partial charge is 0.310 e. The van der Waals surface area contributed by atoms with Crippen LogP contribution in [0.1, 0.15) is 151 Å². The van der Waals surface area contributed by atoms with Gasteiger partial charge in [0.1, 0.15) is 0 Å². The van der Waals surface area contributed by atoms with E-state index in [1.165, 1.54) is 187 Å². The topological polar surface area (TPSA) is 3.24 Å². The zero-order chi connectivity index (χ0) is 42.8. The van der Waals surface area contributed by atoms with E-state index < -0.39 is 0 Å². The molecule has 0 radical (unpaired) electrons. The van der Waals surface area contributed by atoms with Gasteiger partial charge < -0.3 is 4.90 Å². The molecule has 0 amide bonds. The predicted octanol–water partition coefficient (Wildman–Crippen LogP) is 18.5. The van der Waals surface area contributed by atoms with E-state index >= 15 is 0 Å². The Morgan fingerprint density at radius 1 is 0.344 bits per heavy atom. The second-order valence-corrected chi connectivity index (χ2v) is 17.8. The quantitative estimate of drug-likeness (QED) is 0.0551. The summed E-state index contributed by atoms with van der Waals surface area (Å²) in [5.74, 6) is 0. The Labute approximate surface area is 371 Å². The van der Waals surface area contributed by atoms with E-state index in [0.29, 0.717) is 0 Å². The third-order valence-electron chi connectivity index (χ3n) is 12.9. The third kappa shape index (κ3) is 12.8. The first-order valence-electron chi connectivity index (χ1n) is 24.3. The van der Waals surface area contributed by atoms with Crippen molar-refractivity contribution in [1.29, 1.82) is 0 Å². The molecule has 0 heterocycles. The van der Waals surface area contributed by atoms with E-state index in [1.54, 1.807) is 0 Å². The van der Waals surface area contributed by atoms with Crippen LogP contribution in [0.2, 0.25) is 0 Å². The Morgan fingerprint density at radius 3 is 1.39 bits per heavy atom. The standard InChI is InChI=1S/C60H75N/c1-7-11-14-17-18-19-22-48-27-31-52(32-28-48)59-42-41-58(44-49(59)10-4)61(56-37-33-51(34-38-56)50-29-25-46(5)26-30-50)57-39-35-53(36-40-57)60-45-54(23-20-15-12-8-2)47(6)43-55(60)24-21-16-13-9-3/h25-45H,7-24H2,1-6H3. The van der Waals surface area contributed by atoms with Crippen LogP contribution in [0.25, 0.3) is 33.4 Å². The molecule has 1 nitrogen and oxygen atoms in total. The summed E-state index contributed by atoms with van der Waals surface area (Å²) < 4.78 is 0. The molecular weight excluding hydrogens is 735 g/mol. The highest BCUT2D eigenvalue weighted by Crippen LogP contribution is 2.40. The Balaban J connectivity index is 1.33. The number of nitrogens with zero attached hydrogens (tertiary/aromatic N) is 1. The number of rotatable bonds is 24. The van der Waals surface area contributed by atoms with Crippen molar-refractivity contribution in [1.82, 2.24) is 0 Å². The first-order valence-corrected chi connectivity index (χ1v) is 24.3. The molecule has 0 atom stereocenters. The van der Waals surface area contributed by atoms with Gasteiger partial charge in [0, 0.05) is 17.1 Å². The summed E-state index contributed by atoms with van der Waals surface area (Å²) in [4.78, 5) is 2.45. The van der Waals surface area contributed by atoms with E-state index in [1.807, 2.05) is 0 Å². The molecular formula is C60H75N. The van der Waals surface area contributed by atoms with Crippen LogP contribution in [0.15, 0.2) is 127 Å². The van der Waals surface area contributed by atoms with Crippen molar-refractivity contribution in [3.63, 3.8) is 0 Å². The van der Waals surface area contributed by atoms with Crippen molar-refractivity contribution in [2.45, 2.75) is 157 Å². The average Bonchev–Trinajstić information content (AvgIpc) is 3.29. The molecule has 320 valence electrons. The van der Waals surface area contributed by atoms with Crippen molar-refractivity contribution < 1.29 is 0 Å². The highest BCUT2D eigenvalue weighted by atomic mass is 15.1. The lowest BCUT2D eigenvalue weighted by atomic mass is 9.89. The Morgan fingerprint density at radius 2 is 0.803 bits per heavy atom. The fourth-order valence-corrected chi connectivity index (χ4v) is 9.08. The molecule has 0 N–H and O–H groups in total. The molecule has 1 heteroatoms. The van der Waals surface area contributed by atoms with Gasteiger partial charge in [-0.25, -0.2) is 0 Å². The molecule has 0 unspecified atom stereocenters. The molecule has 61 heavy (non-hydrogen) atoms. The SMILES string of the molecule is CCCCCCCCc1ccc(-c2ccc(N(c3ccc(-c4ccc(C)cc4)cc3)c3ccc(-c4cc(CCCCCC)c(C)cc4CCCCCC)cc3)cc2CC)cc1. The normalized spacial score (nSPS) is 11.3. The van der Waals surface area contributed by atoms with Crippen LogP contribution in [-0.2, 0) is 25.7 Å². The van der Waals surface area contributed by atoms with Gasteiger partial charge in [0.05, 0.1) is 0 Å². The van der Waals surface area contributed by atoms with Gasteiger partial charge in [-0.1, -0.05) is 195 Å². The van der Waals surface area contributed by atoms with Gasteiger partial charge in [-0.3, -0.25) is 0 Å². The number of aryl methyl sites for hydroxylation is 6. The van der Waals surface area contributed by atoms with E-state index in [2.05, 4.69) is 174 Å².